The number of ketones is 1. The van der Waals surface area contributed by atoms with E-state index in [4.69, 9.17) is 0 Å². The molecule has 132 valence electrons. The zero-order chi connectivity index (χ0) is 17.5. The normalized spacial score (nSPS) is 15.3. The number of Topliss-reactive ketones (excluding diaryl/α,β-unsaturated/α-hetero) is 1. The Hall–Kier alpha value is -1.82. The van der Waals surface area contributed by atoms with E-state index in [0.717, 1.165) is 44.5 Å². The number of carbonyl (C=O) groups is 2. The molecule has 0 radical (unpaired) electrons. The Labute approximate surface area is 141 Å². The van der Waals surface area contributed by atoms with Crippen molar-refractivity contribution in [2.45, 2.75) is 45.1 Å². The highest BCUT2D eigenvalue weighted by Gasteiger charge is 2.25. The van der Waals surface area contributed by atoms with E-state index < -0.39 is 17.4 Å². The van der Waals surface area contributed by atoms with Crippen molar-refractivity contribution in [3.8, 4) is 0 Å². The molecule has 1 fully saturated rings. The molecule has 0 atom stereocenters. The van der Waals surface area contributed by atoms with Gasteiger partial charge in [0.05, 0.1) is 5.56 Å². The second-order valence-electron chi connectivity index (χ2n) is 6.12. The number of hydrogen-bond donors (Lipinski definition) is 1. The van der Waals surface area contributed by atoms with Gasteiger partial charge in [0.25, 0.3) is 0 Å². The first-order chi connectivity index (χ1) is 11.5. The number of carbonyl (C=O) groups excluding carboxylic acids is 2. The van der Waals surface area contributed by atoms with Crippen molar-refractivity contribution in [2.75, 3.05) is 19.6 Å². The molecule has 0 spiro atoms. The zero-order valence-corrected chi connectivity index (χ0v) is 14.0. The van der Waals surface area contributed by atoms with E-state index >= 15 is 0 Å². The lowest BCUT2D eigenvalue weighted by Gasteiger charge is -2.34. The molecular formula is C18H24F2N2O2. The van der Waals surface area contributed by atoms with Crippen LogP contribution in [0.1, 0.15) is 49.4 Å². The van der Waals surface area contributed by atoms with Gasteiger partial charge in [-0.2, -0.15) is 0 Å². The number of nitrogens with one attached hydrogen (secondary N) is 1. The standard InChI is InChI=1S/C18H24F2N2O2/c1-2-11-22(14-7-9-21-10-8-14)18(24)6-5-17(23)15-4-3-13(19)12-16(15)20/h3-4,12,14,21H,2,5-11H2,1H3. The summed E-state index contributed by atoms with van der Waals surface area (Å²) in [6.07, 6.45) is 2.67. The van der Waals surface area contributed by atoms with Crippen molar-refractivity contribution in [3.63, 3.8) is 0 Å². The lowest BCUT2D eigenvalue weighted by Crippen LogP contribution is -2.46. The maximum atomic E-state index is 13.6. The third kappa shape index (κ3) is 4.84. The van der Waals surface area contributed by atoms with Gasteiger partial charge in [-0.15, -0.1) is 0 Å². The molecule has 1 aromatic rings. The van der Waals surface area contributed by atoms with Crippen LogP contribution < -0.4 is 5.32 Å². The molecule has 0 aromatic heterocycles. The summed E-state index contributed by atoms with van der Waals surface area (Å²) in [5.74, 6) is -2.14. The first-order valence-electron chi connectivity index (χ1n) is 8.51. The molecule has 4 nitrogen and oxygen atoms in total. The van der Waals surface area contributed by atoms with E-state index in [-0.39, 0.29) is 30.4 Å². The average Bonchev–Trinajstić information content (AvgIpc) is 2.58. The predicted octanol–water partition coefficient (Wildman–Crippen LogP) is 2.92. The van der Waals surface area contributed by atoms with Gasteiger partial charge in [-0.05, 0) is 44.5 Å². The number of piperidine rings is 1. The molecule has 0 unspecified atom stereocenters. The van der Waals surface area contributed by atoms with E-state index in [1.54, 1.807) is 0 Å². The molecule has 1 aliphatic rings. The molecule has 2 rings (SSSR count). The van der Waals surface area contributed by atoms with E-state index in [1.165, 1.54) is 0 Å². The van der Waals surface area contributed by atoms with Crippen molar-refractivity contribution < 1.29 is 18.4 Å². The Morgan fingerprint density at radius 3 is 2.54 bits per heavy atom. The number of hydrogen-bond acceptors (Lipinski definition) is 3. The van der Waals surface area contributed by atoms with Crippen molar-refractivity contribution in [2.24, 2.45) is 0 Å². The van der Waals surface area contributed by atoms with Gasteiger partial charge in [0.2, 0.25) is 5.91 Å². The minimum Gasteiger partial charge on any atom is -0.340 e. The Balaban J connectivity index is 1.95. The van der Waals surface area contributed by atoms with Crippen LogP contribution in [-0.4, -0.2) is 42.3 Å². The van der Waals surface area contributed by atoms with Gasteiger partial charge >= 0.3 is 0 Å². The fourth-order valence-electron chi connectivity index (χ4n) is 3.08. The molecule has 0 aliphatic carbocycles. The average molecular weight is 338 g/mol. The lowest BCUT2D eigenvalue weighted by molar-refractivity contribution is -0.134. The van der Waals surface area contributed by atoms with Crippen LogP contribution in [0.15, 0.2) is 18.2 Å². The Morgan fingerprint density at radius 2 is 1.92 bits per heavy atom. The smallest absolute Gasteiger partial charge is 0.223 e. The molecule has 6 heteroatoms. The summed E-state index contributed by atoms with van der Waals surface area (Å²) in [6.45, 7) is 4.46. The summed E-state index contributed by atoms with van der Waals surface area (Å²) in [4.78, 5) is 26.5. The maximum absolute atomic E-state index is 13.6. The Kier molecular flexibility index (Phi) is 6.85. The molecule has 1 amide bonds. The van der Waals surface area contributed by atoms with Crippen molar-refractivity contribution in [3.05, 3.63) is 35.4 Å². The fraction of sp³-hybridized carbons (Fsp3) is 0.556. The van der Waals surface area contributed by atoms with Gasteiger partial charge in [-0.25, -0.2) is 8.78 Å². The number of rotatable bonds is 7. The van der Waals surface area contributed by atoms with Crippen molar-refractivity contribution >= 4 is 11.7 Å². The highest BCUT2D eigenvalue weighted by Crippen LogP contribution is 2.17. The molecule has 1 aromatic carbocycles. The third-order valence-corrected chi connectivity index (χ3v) is 4.33. The fourth-order valence-corrected chi connectivity index (χ4v) is 3.08. The van der Waals surface area contributed by atoms with E-state index in [0.29, 0.717) is 12.6 Å². The molecule has 1 saturated heterocycles. The van der Waals surface area contributed by atoms with Crippen LogP contribution in [0.5, 0.6) is 0 Å². The van der Waals surface area contributed by atoms with Crippen LogP contribution in [0.3, 0.4) is 0 Å². The van der Waals surface area contributed by atoms with Crippen LogP contribution in [0, 0.1) is 11.6 Å². The predicted molar refractivity (Wildman–Crippen MR) is 87.8 cm³/mol. The van der Waals surface area contributed by atoms with E-state index in [9.17, 15) is 18.4 Å². The van der Waals surface area contributed by atoms with Crippen LogP contribution in [-0.2, 0) is 4.79 Å². The van der Waals surface area contributed by atoms with Crippen molar-refractivity contribution in [1.82, 2.24) is 10.2 Å². The summed E-state index contributed by atoms with van der Waals surface area (Å²) in [7, 11) is 0. The highest BCUT2D eigenvalue weighted by molar-refractivity contribution is 5.98. The summed E-state index contributed by atoms with van der Waals surface area (Å²) in [5, 5.41) is 3.27. The molecule has 1 aliphatic heterocycles. The largest absolute Gasteiger partial charge is 0.340 e. The van der Waals surface area contributed by atoms with Gasteiger partial charge < -0.3 is 10.2 Å². The summed E-state index contributed by atoms with van der Waals surface area (Å²) < 4.78 is 26.5. The summed E-state index contributed by atoms with van der Waals surface area (Å²) in [6, 6.07) is 3.08. The van der Waals surface area contributed by atoms with Crippen molar-refractivity contribution in [1.29, 1.82) is 0 Å². The molecule has 24 heavy (non-hydrogen) atoms. The second kappa shape index (κ2) is 8.87. The van der Waals surface area contributed by atoms with E-state index in [1.807, 2.05) is 11.8 Å². The first-order valence-corrected chi connectivity index (χ1v) is 8.51. The third-order valence-electron chi connectivity index (χ3n) is 4.33. The molecule has 0 saturated carbocycles. The van der Waals surface area contributed by atoms with Crippen LogP contribution in [0.25, 0.3) is 0 Å². The van der Waals surface area contributed by atoms with Crippen LogP contribution in [0.4, 0.5) is 8.78 Å². The topological polar surface area (TPSA) is 49.4 Å². The number of nitrogens with zero attached hydrogens (tertiary/aromatic N) is 1. The minimum atomic E-state index is -0.879. The van der Waals surface area contributed by atoms with Gasteiger partial charge in [-0.3, -0.25) is 9.59 Å². The first kappa shape index (κ1) is 18.5. The number of benzene rings is 1. The Morgan fingerprint density at radius 1 is 1.21 bits per heavy atom. The van der Waals surface area contributed by atoms with Gasteiger partial charge in [0.15, 0.2) is 5.78 Å². The van der Waals surface area contributed by atoms with E-state index in [2.05, 4.69) is 5.32 Å². The van der Waals surface area contributed by atoms with Crippen LogP contribution in [0.2, 0.25) is 0 Å². The summed E-state index contributed by atoms with van der Waals surface area (Å²) in [5.41, 5.74) is -0.159. The lowest BCUT2D eigenvalue weighted by atomic mass is 10.0. The minimum absolute atomic E-state index is 0.0551. The van der Waals surface area contributed by atoms with Gasteiger partial charge in [0.1, 0.15) is 11.6 Å². The maximum Gasteiger partial charge on any atom is 0.223 e. The SMILES string of the molecule is CCCN(C(=O)CCC(=O)c1ccc(F)cc1F)C1CCNCC1. The summed E-state index contributed by atoms with van der Waals surface area (Å²) >= 11 is 0. The second-order valence-corrected chi connectivity index (χ2v) is 6.12. The van der Waals surface area contributed by atoms with Crippen LogP contribution >= 0.6 is 0 Å². The quantitative estimate of drug-likeness (QED) is 0.778. The Bertz CT molecular complexity index is 586. The molecular weight excluding hydrogens is 314 g/mol. The molecule has 1 heterocycles. The highest BCUT2D eigenvalue weighted by atomic mass is 19.1. The van der Waals surface area contributed by atoms with Gasteiger partial charge in [-0.1, -0.05) is 6.92 Å². The molecule has 0 bridgehead atoms. The zero-order valence-electron chi connectivity index (χ0n) is 14.0. The monoisotopic (exact) mass is 338 g/mol. The number of halogens is 2. The molecule has 1 N–H and O–H groups in total. The number of amides is 1. The van der Waals surface area contributed by atoms with Gasteiger partial charge in [0, 0.05) is 31.5 Å².